The van der Waals surface area contributed by atoms with E-state index in [2.05, 4.69) is 6.92 Å². The van der Waals surface area contributed by atoms with Gasteiger partial charge in [-0.05, 0) is 47.7 Å². The number of hydrogen-bond donors (Lipinski definition) is 0. The second kappa shape index (κ2) is 7.18. The number of aryl methyl sites for hydroxylation is 1. The molecule has 0 N–H and O–H groups in total. The Morgan fingerprint density at radius 3 is 2.16 bits per heavy atom. The Kier molecular flexibility index (Phi) is 5.16. The van der Waals surface area contributed by atoms with E-state index < -0.39 is 10.0 Å². The van der Waals surface area contributed by atoms with Gasteiger partial charge in [-0.3, -0.25) is 4.31 Å². The number of nitrogens with zero attached hydrogens (tertiary/aromatic N) is 1. The van der Waals surface area contributed by atoms with Crippen molar-refractivity contribution < 1.29 is 13.2 Å². The molecular formula is C20H25NO3S. The molecule has 3 rings (SSSR count). The van der Waals surface area contributed by atoms with E-state index in [-0.39, 0.29) is 12.0 Å². The van der Waals surface area contributed by atoms with Crippen LogP contribution in [0.3, 0.4) is 0 Å². The molecule has 0 amide bonds. The number of epoxide rings is 1. The number of benzene rings is 2. The molecule has 1 unspecified atom stereocenters. The molecule has 1 aliphatic heterocycles. The van der Waals surface area contributed by atoms with Crippen molar-refractivity contribution in [3.05, 3.63) is 59.7 Å². The third kappa shape index (κ3) is 4.05. The van der Waals surface area contributed by atoms with Crippen LogP contribution < -0.4 is 4.31 Å². The van der Waals surface area contributed by atoms with Gasteiger partial charge in [0.05, 0.1) is 17.2 Å². The molecule has 5 heteroatoms. The quantitative estimate of drug-likeness (QED) is 0.697. The van der Waals surface area contributed by atoms with Crippen molar-refractivity contribution in [2.75, 3.05) is 17.5 Å². The molecular weight excluding hydrogens is 334 g/mol. The summed E-state index contributed by atoms with van der Waals surface area (Å²) in [5.41, 5.74) is 2.93. The molecule has 4 nitrogen and oxygen atoms in total. The molecule has 0 bridgehead atoms. The fourth-order valence-corrected chi connectivity index (χ4v) is 4.42. The summed E-state index contributed by atoms with van der Waals surface area (Å²) < 4.78 is 33.2. The molecule has 0 radical (unpaired) electrons. The third-order valence-electron chi connectivity index (χ3n) is 4.34. The second-order valence-corrected chi connectivity index (χ2v) is 8.70. The predicted octanol–water partition coefficient (Wildman–Crippen LogP) is 4.17. The van der Waals surface area contributed by atoms with E-state index in [1.54, 1.807) is 12.1 Å². The Hall–Kier alpha value is -1.85. The molecule has 2 aromatic rings. The zero-order valence-electron chi connectivity index (χ0n) is 15.0. The van der Waals surface area contributed by atoms with E-state index in [4.69, 9.17) is 4.74 Å². The van der Waals surface area contributed by atoms with Crippen LogP contribution in [-0.2, 0) is 21.2 Å². The van der Waals surface area contributed by atoms with E-state index in [9.17, 15) is 8.42 Å². The largest absolute Gasteiger partial charge is 0.368 e. The summed E-state index contributed by atoms with van der Waals surface area (Å²) in [5, 5.41) is 0. The summed E-state index contributed by atoms with van der Waals surface area (Å²) in [6.07, 6.45) is 1.06. The topological polar surface area (TPSA) is 49.9 Å². The summed E-state index contributed by atoms with van der Waals surface area (Å²) in [7, 11) is -3.60. The average Bonchev–Trinajstić information content (AvgIpc) is 3.45. The van der Waals surface area contributed by atoms with E-state index in [1.807, 2.05) is 50.2 Å². The maximum absolute atomic E-state index is 13.2. The minimum atomic E-state index is -3.60. The zero-order valence-corrected chi connectivity index (χ0v) is 15.8. The minimum absolute atomic E-state index is 0.130. The van der Waals surface area contributed by atoms with E-state index in [0.717, 1.165) is 18.6 Å². The van der Waals surface area contributed by atoms with E-state index in [0.29, 0.717) is 17.1 Å². The molecule has 0 saturated carbocycles. The molecule has 25 heavy (non-hydrogen) atoms. The molecule has 1 saturated heterocycles. The Labute approximate surface area is 150 Å². The van der Waals surface area contributed by atoms with Crippen LogP contribution in [0.4, 0.5) is 5.69 Å². The van der Waals surface area contributed by atoms with Crippen LogP contribution in [0.2, 0.25) is 0 Å². The first-order valence-corrected chi connectivity index (χ1v) is 10.2. The van der Waals surface area contributed by atoms with Crippen LogP contribution in [0.5, 0.6) is 0 Å². The monoisotopic (exact) mass is 359 g/mol. The van der Waals surface area contributed by atoms with Gasteiger partial charge in [-0.2, -0.15) is 0 Å². The number of ether oxygens (including phenoxy) is 1. The van der Waals surface area contributed by atoms with Crippen molar-refractivity contribution in [2.45, 2.75) is 38.2 Å². The number of hydrogen-bond acceptors (Lipinski definition) is 3. The summed E-state index contributed by atoms with van der Waals surface area (Å²) in [6, 6.07) is 14.8. The molecule has 0 spiro atoms. The molecule has 1 atom stereocenters. The van der Waals surface area contributed by atoms with Crippen LogP contribution in [0, 0.1) is 5.92 Å². The summed E-state index contributed by atoms with van der Waals surface area (Å²) in [6.45, 7) is 7.30. The van der Waals surface area contributed by atoms with Crippen molar-refractivity contribution in [1.29, 1.82) is 0 Å². The van der Waals surface area contributed by atoms with E-state index >= 15 is 0 Å². The normalized spacial score (nSPS) is 16.9. The Balaban J connectivity index is 1.94. The van der Waals surface area contributed by atoms with Crippen molar-refractivity contribution in [1.82, 2.24) is 0 Å². The maximum Gasteiger partial charge on any atom is 0.264 e. The zero-order chi connectivity index (χ0) is 18.0. The average molecular weight is 359 g/mol. The highest BCUT2D eigenvalue weighted by molar-refractivity contribution is 7.92. The first-order chi connectivity index (χ1) is 11.9. The third-order valence-corrected chi connectivity index (χ3v) is 6.14. The lowest BCUT2D eigenvalue weighted by Crippen LogP contribution is -2.34. The Morgan fingerprint density at radius 1 is 1.08 bits per heavy atom. The SMILES string of the molecule is CCc1ccc(N(CC(C)C)S(=O)(=O)c2ccc(C3CO3)cc2)cc1. The lowest BCUT2D eigenvalue weighted by atomic mass is 10.1. The number of rotatable bonds is 7. The van der Waals surface area contributed by atoms with Gasteiger partial charge in [0.15, 0.2) is 0 Å². The fourth-order valence-electron chi connectivity index (χ4n) is 2.79. The van der Waals surface area contributed by atoms with Crippen LogP contribution >= 0.6 is 0 Å². The van der Waals surface area contributed by atoms with Crippen molar-refractivity contribution in [2.24, 2.45) is 5.92 Å². The molecule has 2 aromatic carbocycles. The van der Waals surface area contributed by atoms with Crippen molar-refractivity contribution >= 4 is 15.7 Å². The standard InChI is InChI=1S/C20H25NO3S/c1-4-16-5-9-18(10-6-16)21(13-15(2)3)25(22,23)19-11-7-17(8-12-19)20-14-24-20/h5-12,15,20H,4,13-14H2,1-3H3. The molecule has 0 aromatic heterocycles. The summed E-state index contributed by atoms with van der Waals surface area (Å²) >= 11 is 0. The lowest BCUT2D eigenvalue weighted by Gasteiger charge is -2.26. The van der Waals surface area contributed by atoms with Crippen LogP contribution in [0.15, 0.2) is 53.4 Å². The first kappa shape index (κ1) is 18.0. The van der Waals surface area contributed by atoms with Gasteiger partial charge in [0.2, 0.25) is 0 Å². The molecule has 1 heterocycles. The highest BCUT2D eigenvalue weighted by atomic mass is 32.2. The lowest BCUT2D eigenvalue weighted by molar-refractivity contribution is 0.415. The molecule has 1 aliphatic rings. The fraction of sp³-hybridized carbons (Fsp3) is 0.400. The van der Waals surface area contributed by atoms with Gasteiger partial charge in [0, 0.05) is 6.54 Å². The maximum atomic E-state index is 13.2. The van der Waals surface area contributed by atoms with Gasteiger partial charge in [0.25, 0.3) is 10.0 Å². The minimum Gasteiger partial charge on any atom is -0.368 e. The number of anilines is 1. The Bertz CT molecular complexity index is 807. The predicted molar refractivity (Wildman–Crippen MR) is 100 cm³/mol. The second-order valence-electron chi connectivity index (χ2n) is 6.84. The van der Waals surface area contributed by atoms with Gasteiger partial charge < -0.3 is 4.74 Å². The first-order valence-electron chi connectivity index (χ1n) is 8.75. The van der Waals surface area contributed by atoms with Gasteiger partial charge in [0.1, 0.15) is 6.10 Å². The summed E-state index contributed by atoms with van der Waals surface area (Å²) in [4.78, 5) is 0.317. The molecule has 1 fully saturated rings. The highest BCUT2D eigenvalue weighted by Gasteiger charge is 2.28. The van der Waals surface area contributed by atoms with E-state index in [1.165, 1.54) is 9.87 Å². The Morgan fingerprint density at radius 2 is 1.68 bits per heavy atom. The number of sulfonamides is 1. The molecule has 0 aliphatic carbocycles. The van der Waals surface area contributed by atoms with Gasteiger partial charge >= 0.3 is 0 Å². The van der Waals surface area contributed by atoms with Crippen LogP contribution in [0.25, 0.3) is 0 Å². The van der Waals surface area contributed by atoms with Crippen LogP contribution in [-0.4, -0.2) is 21.6 Å². The smallest absolute Gasteiger partial charge is 0.264 e. The summed E-state index contributed by atoms with van der Waals surface area (Å²) in [5.74, 6) is 0.222. The van der Waals surface area contributed by atoms with Gasteiger partial charge in [-0.15, -0.1) is 0 Å². The van der Waals surface area contributed by atoms with Gasteiger partial charge in [-0.1, -0.05) is 45.0 Å². The van der Waals surface area contributed by atoms with Crippen molar-refractivity contribution in [3.8, 4) is 0 Å². The molecule has 134 valence electrons. The highest BCUT2D eigenvalue weighted by Crippen LogP contribution is 2.31. The van der Waals surface area contributed by atoms with Gasteiger partial charge in [-0.25, -0.2) is 8.42 Å². The van der Waals surface area contributed by atoms with Crippen molar-refractivity contribution in [3.63, 3.8) is 0 Å². The van der Waals surface area contributed by atoms with Crippen LogP contribution in [0.1, 0.15) is 38.0 Å².